The molecule has 15 heavy (non-hydrogen) atoms. The van der Waals surface area contributed by atoms with Crippen LogP contribution >= 0.6 is 0 Å². The van der Waals surface area contributed by atoms with E-state index in [0.717, 1.165) is 11.4 Å². The van der Waals surface area contributed by atoms with Crippen molar-refractivity contribution in [1.29, 1.82) is 0 Å². The number of rotatable bonds is 4. The molecule has 0 bridgehead atoms. The first-order chi connectivity index (χ1) is 7.27. The Hall–Kier alpha value is -2.03. The molecule has 0 aliphatic rings. The Kier molecular flexibility index (Phi) is 4.16. The van der Waals surface area contributed by atoms with E-state index < -0.39 is 0 Å². The Morgan fingerprint density at radius 2 is 2.40 bits per heavy atom. The fourth-order valence-electron chi connectivity index (χ4n) is 1.04. The number of nitrogens with zero attached hydrogens (tertiary/aromatic N) is 1. The van der Waals surface area contributed by atoms with Crippen LogP contribution in [0.4, 0.5) is 11.5 Å². The zero-order valence-electron chi connectivity index (χ0n) is 8.77. The first kappa shape index (κ1) is 11.0. The van der Waals surface area contributed by atoms with Gasteiger partial charge in [0, 0.05) is 11.9 Å². The summed E-state index contributed by atoms with van der Waals surface area (Å²) in [5.74, 6) is 0.478. The van der Waals surface area contributed by atoms with Crippen LogP contribution in [0.5, 0.6) is 0 Å². The minimum absolute atomic E-state index is 0.478. The second-order valence-electron chi connectivity index (χ2n) is 2.91. The van der Waals surface area contributed by atoms with Crippen molar-refractivity contribution in [2.45, 2.75) is 6.92 Å². The maximum absolute atomic E-state index is 5.70. The van der Waals surface area contributed by atoms with Crippen LogP contribution < -0.4 is 11.1 Å². The van der Waals surface area contributed by atoms with Crippen LogP contribution in [0.15, 0.2) is 54.9 Å². The molecule has 0 saturated carbocycles. The third kappa shape index (κ3) is 3.31. The summed E-state index contributed by atoms with van der Waals surface area (Å²) in [6.45, 7) is 5.67. The average molecular weight is 201 g/mol. The molecular weight excluding hydrogens is 186 g/mol. The molecule has 0 amide bonds. The molecular formula is C12H15N3. The van der Waals surface area contributed by atoms with Crippen LogP contribution in [0.1, 0.15) is 6.92 Å². The Morgan fingerprint density at radius 3 is 3.00 bits per heavy atom. The highest BCUT2D eigenvalue weighted by atomic mass is 15.0. The number of anilines is 2. The Balaban J connectivity index is 2.84. The summed E-state index contributed by atoms with van der Waals surface area (Å²) >= 11 is 0. The summed E-state index contributed by atoms with van der Waals surface area (Å²) in [6, 6.07) is 3.70. The molecule has 0 atom stereocenters. The van der Waals surface area contributed by atoms with Gasteiger partial charge < -0.3 is 11.1 Å². The van der Waals surface area contributed by atoms with Crippen molar-refractivity contribution in [2.24, 2.45) is 0 Å². The summed E-state index contributed by atoms with van der Waals surface area (Å²) in [7, 11) is 0. The van der Waals surface area contributed by atoms with E-state index in [1.165, 1.54) is 0 Å². The summed E-state index contributed by atoms with van der Waals surface area (Å²) in [5, 5.41) is 3.14. The molecule has 3 nitrogen and oxygen atoms in total. The molecule has 0 aliphatic heterocycles. The maximum Gasteiger partial charge on any atom is 0.147 e. The third-order valence-electron chi connectivity index (χ3n) is 1.81. The normalized spacial score (nSPS) is 11.7. The van der Waals surface area contributed by atoms with E-state index in [2.05, 4.69) is 16.9 Å². The van der Waals surface area contributed by atoms with Crippen molar-refractivity contribution >= 4 is 11.5 Å². The number of pyridine rings is 1. The number of nitrogen functional groups attached to an aromatic ring is 1. The molecule has 78 valence electrons. The molecule has 1 heterocycles. The van der Waals surface area contributed by atoms with E-state index in [-0.39, 0.29) is 0 Å². The first-order valence-electron chi connectivity index (χ1n) is 4.71. The van der Waals surface area contributed by atoms with Gasteiger partial charge in [0.25, 0.3) is 0 Å². The van der Waals surface area contributed by atoms with Gasteiger partial charge in [-0.2, -0.15) is 0 Å². The van der Waals surface area contributed by atoms with E-state index >= 15 is 0 Å². The van der Waals surface area contributed by atoms with Gasteiger partial charge in [-0.05, 0) is 31.2 Å². The second kappa shape index (κ2) is 5.65. The van der Waals surface area contributed by atoms with Gasteiger partial charge in [0.05, 0.1) is 5.69 Å². The Labute approximate surface area is 90.0 Å². The number of nitrogens with two attached hydrogens (primary N) is 1. The third-order valence-corrected chi connectivity index (χ3v) is 1.81. The molecule has 0 aliphatic carbocycles. The van der Waals surface area contributed by atoms with Crippen molar-refractivity contribution < 1.29 is 0 Å². The highest BCUT2D eigenvalue weighted by molar-refractivity contribution is 5.64. The van der Waals surface area contributed by atoms with Gasteiger partial charge in [-0.25, -0.2) is 4.98 Å². The predicted molar refractivity (Wildman–Crippen MR) is 65.4 cm³/mol. The highest BCUT2D eigenvalue weighted by Crippen LogP contribution is 2.16. The van der Waals surface area contributed by atoms with Crippen molar-refractivity contribution in [3.05, 3.63) is 54.9 Å². The second-order valence-corrected chi connectivity index (χ2v) is 2.91. The average Bonchev–Trinajstić information content (AvgIpc) is 2.26. The molecule has 3 N–H and O–H groups in total. The lowest BCUT2D eigenvalue weighted by atomic mass is 10.3. The van der Waals surface area contributed by atoms with Crippen LogP contribution in [0.25, 0.3) is 0 Å². The molecule has 0 aromatic carbocycles. The highest BCUT2D eigenvalue weighted by Gasteiger charge is 1.98. The number of allylic oxidation sites excluding steroid dienone is 4. The maximum atomic E-state index is 5.70. The van der Waals surface area contributed by atoms with Crippen LogP contribution in [0, 0.1) is 0 Å². The molecule has 0 unspecified atom stereocenters. The van der Waals surface area contributed by atoms with Crippen LogP contribution in [0.2, 0.25) is 0 Å². The first-order valence-corrected chi connectivity index (χ1v) is 4.71. The molecule has 3 heteroatoms. The molecule has 0 saturated heterocycles. The largest absolute Gasteiger partial charge is 0.382 e. The quantitative estimate of drug-likeness (QED) is 0.736. The van der Waals surface area contributed by atoms with Crippen molar-refractivity contribution in [3.8, 4) is 0 Å². The number of hydrogen-bond donors (Lipinski definition) is 2. The summed E-state index contributed by atoms with van der Waals surface area (Å²) in [5.41, 5.74) is 7.37. The fourth-order valence-corrected chi connectivity index (χ4v) is 1.04. The van der Waals surface area contributed by atoms with Gasteiger partial charge in [-0.3, -0.25) is 0 Å². The molecule has 1 aromatic heterocycles. The Morgan fingerprint density at radius 1 is 1.60 bits per heavy atom. The molecule has 1 aromatic rings. The SMILES string of the molecule is C=C/C(=C\C=C/C)Nc1cccnc1N. The molecule has 0 spiro atoms. The topological polar surface area (TPSA) is 50.9 Å². The lowest BCUT2D eigenvalue weighted by molar-refractivity contribution is 1.32. The van der Waals surface area contributed by atoms with Gasteiger partial charge in [-0.1, -0.05) is 18.7 Å². The van der Waals surface area contributed by atoms with Gasteiger partial charge in [-0.15, -0.1) is 0 Å². The van der Waals surface area contributed by atoms with Gasteiger partial charge in [0.1, 0.15) is 5.82 Å². The van der Waals surface area contributed by atoms with Crippen molar-refractivity contribution in [1.82, 2.24) is 4.98 Å². The van der Waals surface area contributed by atoms with Crippen LogP contribution in [0.3, 0.4) is 0 Å². The summed E-state index contributed by atoms with van der Waals surface area (Å²) < 4.78 is 0. The van der Waals surface area contributed by atoms with E-state index in [1.54, 1.807) is 12.3 Å². The van der Waals surface area contributed by atoms with Crippen molar-refractivity contribution in [3.63, 3.8) is 0 Å². The molecule has 0 fully saturated rings. The number of hydrogen-bond acceptors (Lipinski definition) is 3. The van der Waals surface area contributed by atoms with Gasteiger partial charge in [0.2, 0.25) is 0 Å². The summed E-state index contributed by atoms with van der Waals surface area (Å²) in [6.07, 6.45) is 9.17. The minimum atomic E-state index is 0.478. The standard InChI is InChI=1S/C12H15N3/c1-3-5-7-10(4-2)15-11-8-6-9-14-12(11)13/h3-9,15H,2H2,1H3,(H2,13,14)/b5-3-,10-7+. The lowest BCUT2D eigenvalue weighted by Crippen LogP contribution is -2.01. The zero-order chi connectivity index (χ0) is 11.1. The lowest BCUT2D eigenvalue weighted by Gasteiger charge is -2.07. The van der Waals surface area contributed by atoms with E-state index in [9.17, 15) is 0 Å². The minimum Gasteiger partial charge on any atom is -0.382 e. The van der Waals surface area contributed by atoms with E-state index in [1.807, 2.05) is 37.3 Å². The van der Waals surface area contributed by atoms with Gasteiger partial charge in [0.15, 0.2) is 0 Å². The summed E-state index contributed by atoms with van der Waals surface area (Å²) in [4.78, 5) is 3.98. The van der Waals surface area contributed by atoms with Crippen LogP contribution in [-0.4, -0.2) is 4.98 Å². The Bertz CT molecular complexity index is 392. The number of nitrogens with one attached hydrogen (secondary N) is 1. The molecule has 0 radical (unpaired) electrons. The van der Waals surface area contributed by atoms with E-state index in [0.29, 0.717) is 5.82 Å². The predicted octanol–water partition coefficient (Wildman–Crippen LogP) is 2.72. The monoisotopic (exact) mass is 201 g/mol. The fraction of sp³-hybridized carbons (Fsp3) is 0.0833. The zero-order valence-corrected chi connectivity index (χ0v) is 8.77. The van der Waals surface area contributed by atoms with E-state index in [4.69, 9.17) is 5.73 Å². The molecule has 1 rings (SSSR count). The van der Waals surface area contributed by atoms with Gasteiger partial charge >= 0.3 is 0 Å². The number of aromatic nitrogens is 1. The smallest absolute Gasteiger partial charge is 0.147 e. The van der Waals surface area contributed by atoms with Crippen LogP contribution in [-0.2, 0) is 0 Å². The van der Waals surface area contributed by atoms with Crippen molar-refractivity contribution in [2.75, 3.05) is 11.1 Å².